The fraction of sp³-hybridized carbons (Fsp3) is 0.333. The van der Waals surface area contributed by atoms with E-state index in [2.05, 4.69) is 31.2 Å². The predicted molar refractivity (Wildman–Crippen MR) is 89.2 cm³/mol. The topological polar surface area (TPSA) is 35.2 Å². The van der Waals surface area contributed by atoms with Crippen LogP contribution in [-0.2, 0) is 0 Å². The van der Waals surface area contributed by atoms with Gasteiger partial charge in [0.05, 0.1) is 6.61 Å². The van der Waals surface area contributed by atoms with E-state index < -0.39 is 0 Å². The van der Waals surface area contributed by atoms with Gasteiger partial charge >= 0.3 is 0 Å². The lowest BCUT2D eigenvalue weighted by atomic mass is 9.91. The Morgan fingerprint density at radius 3 is 2.48 bits per heavy atom. The second kappa shape index (κ2) is 8.06. The van der Waals surface area contributed by atoms with E-state index in [1.54, 1.807) is 0 Å². The number of ether oxygens (including phenoxy) is 1. The van der Waals surface area contributed by atoms with Crippen LogP contribution in [0.15, 0.2) is 48.5 Å². The Morgan fingerprint density at radius 1 is 1.10 bits per heavy atom. The lowest BCUT2D eigenvalue weighted by molar-refractivity contribution is 0.301. The standard InChI is InChI=1S/C18H22ClNO/c1-14-5-2-3-7-18(14)15(13-20)6-4-12-21-17-10-8-16(19)9-11-17/h2-3,5,7-11,15H,4,6,12-13,20H2,1H3. The quantitative estimate of drug-likeness (QED) is 0.762. The third kappa shape index (κ3) is 4.76. The summed E-state index contributed by atoms with van der Waals surface area (Å²) in [7, 11) is 0. The van der Waals surface area contributed by atoms with Crippen LogP contribution in [0.3, 0.4) is 0 Å². The molecule has 3 heteroatoms. The van der Waals surface area contributed by atoms with Gasteiger partial charge in [-0.2, -0.15) is 0 Å². The smallest absolute Gasteiger partial charge is 0.119 e. The van der Waals surface area contributed by atoms with E-state index in [0.717, 1.165) is 23.6 Å². The molecule has 2 aromatic carbocycles. The van der Waals surface area contributed by atoms with Gasteiger partial charge in [-0.3, -0.25) is 0 Å². The van der Waals surface area contributed by atoms with E-state index in [9.17, 15) is 0 Å². The lowest BCUT2D eigenvalue weighted by Crippen LogP contribution is -2.14. The minimum absolute atomic E-state index is 0.403. The average molecular weight is 304 g/mol. The van der Waals surface area contributed by atoms with Crippen molar-refractivity contribution < 1.29 is 4.74 Å². The van der Waals surface area contributed by atoms with Crippen LogP contribution in [0.2, 0.25) is 5.02 Å². The monoisotopic (exact) mass is 303 g/mol. The molecule has 1 atom stereocenters. The van der Waals surface area contributed by atoms with Crippen LogP contribution in [0.4, 0.5) is 0 Å². The Labute approximate surface area is 131 Å². The number of nitrogens with two attached hydrogens (primary N) is 1. The lowest BCUT2D eigenvalue weighted by Gasteiger charge is -2.17. The van der Waals surface area contributed by atoms with Gasteiger partial charge in [-0.15, -0.1) is 0 Å². The Kier molecular flexibility index (Phi) is 6.09. The predicted octanol–water partition coefficient (Wildman–Crippen LogP) is 4.55. The van der Waals surface area contributed by atoms with Crippen LogP contribution in [-0.4, -0.2) is 13.2 Å². The van der Waals surface area contributed by atoms with Crippen LogP contribution in [0.1, 0.15) is 29.9 Å². The first kappa shape index (κ1) is 15.9. The molecule has 0 aliphatic rings. The van der Waals surface area contributed by atoms with Crippen molar-refractivity contribution in [2.24, 2.45) is 5.73 Å². The number of benzene rings is 2. The first-order chi connectivity index (χ1) is 10.2. The third-order valence-corrected chi connectivity index (χ3v) is 3.94. The van der Waals surface area contributed by atoms with Gasteiger partial charge in [0, 0.05) is 5.02 Å². The summed E-state index contributed by atoms with van der Waals surface area (Å²) in [6.45, 7) is 3.51. The molecule has 0 amide bonds. The molecule has 21 heavy (non-hydrogen) atoms. The maximum Gasteiger partial charge on any atom is 0.119 e. The normalized spacial score (nSPS) is 12.1. The number of halogens is 1. The molecule has 0 fully saturated rings. The first-order valence-corrected chi connectivity index (χ1v) is 7.72. The van der Waals surface area contributed by atoms with Gasteiger partial charge in [-0.1, -0.05) is 35.9 Å². The Hall–Kier alpha value is -1.51. The Morgan fingerprint density at radius 2 is 1.81 bits per heavy atom. The van der Waals surface area contributed by atoms with Crippen LogP contribution < -0.4 is 10.5 Å². The van der Waals surface area contributed by atoms with E-state index in [4.69, 9.17) is 22.1 Å². The van der Waals surface area contributed by atoms with Crippen molar-refractivity contribution in [1.82, 2.24) is 0 Å². The molecular weight excluding hydrogens is 282 g/mol. The zero-order chi connectivity index (χ0) is 15.1. The molecule has 0 aromatic heterocycles. The molecule has 0 bridgehead atoms. The Bertz CT molecular complexity index is 553. The van der Waals surface area contributed by atoms with Crippen LogP contribution in [0.5, 0.6) is 5.75 Å². The largest absolute Gasteiger partial charge is 0.494 e. The second-order valence-corrected chi connectivity index (χ2v) is 5.67. The summed E-state index contributed by atoms with van der Waals surface area (Å²) >= 11 is 5.85. The van der Waals surface area contributed by atoms with Crippen LogP contribution in [0, 0.1) is 6.92 Å². The molecule has 0 spiro atoms. The summed E-state index contributed by atoms with van der Waals surface area (Å²) in [5.74, 6) is 1.26. The molecule has 0 saturated heterocycles. The van der Waals surface area contributed by atoms with E-state index in [1.165, 1.54) is 11.1 Å². The van der Waals surface area contributed by atoms with Gasteiger partial charge in [0.15, 0.2) is 0 Å². The molecule has 0 aliphatic heterocycles. The van der Waals surface area contributed by atoms with Gasteiger partial charge in [-0.25, -0.2) is 0 Å². The SMILES string of the molecule is Cc1ccccc1C(CN)CCCOc1ccc(Cl)cc1. The molecule has 0 heterocycles. The molecule has 2 rings (SSSR count). The molecule has 2 aromatic rings. The second-order valence-electron chi connectivity index (χ2n) is 5.23. The molecule has 0 radical (unpaired) electrons. The van der Waals surface area contributed by atoms with Crippen molar-refractivity contribution >= 4 is 11.6 Å². The molecular formula is C18H22ClNO. The summed E-state index contributed by atoms with van der Waals surface area (Å²) in [4.78, 5) is 0. The average Bonchev–Trinajstić information content (AvgIpc) is 2.50. The number of hydrogen-bond acceptors (Lipinski definition) is 2. The maximum absolute atomic E-state index is 5.93. The number of aryl methyl sites for hydroxylation is 1. The maximum atomic E-state index is 5.93. The van der Waals surface area contributed by atoms with Gasteiger partial charge in [0.1, 0.15) is 5.75 Å². The highest BCUT2D eigenvalue weighted by molar-refractivity contribution is 6.30. The summed E-state index contributed by atoms with van der Waals surface area (Å²) in [5, 5.41) is 0.727. The zero-order valence-corrected chi connectivity index (χ0v) is 13.1. The van der Waals surface area contributed by atoms with Crippen molar-refractivity contribution in [3.05, 3.63) is 64.7 Å². The highest BCUT2D eigenvalue weighted by Gasteiger charge is 2.11. The minimum atomic E-state index is 0.403. The highest BCUT2D eigenvalue weighted by atomic mass is 35.5. The van der Waals surface area contributed by atoms with E-state index in [-0.39, 0.29) is 0 Å². The van der Waals surface area contributed by atoms with Crippen molar-refractivity contribution in [3.63, 3.8) is 0 Å². The number of hydrogen-bond donors (Lipinski definition) is 1. The molecule has 0 saturated carbocycles. The van der Waals surface area contributed by atoms with Gasteiger partial charge in [0.25, 0.3) is 0 Å². The molecule has 2 nitrogen and oxygen atoms in total. The van der Waals surface area contributed by atoms with E-state index >= 15 is 0 Å². The van der Waals surface area contributed by atoms with Crippen LogP contribution in [0.25, 0.3) is 0 Å². The van der Waals surface area contributed by atoms with Gasteiger partial charge in [-0.05, 0) is 67.6 Å². The third-order valence-electron chi connectivity index (χ3n) is 3.69. The van der Waals surface area contributed by atoms with Crippen molar-refractivity contribution in [3.8, 4) is 5.75 Å². The zero-order valence-electron chi connectivity index (χ0n) is 12.4. The Balaban J connectivity index is 1.81. The van der Waals surface area contributed by atoms with Gasteiger partial charge < -0.3 is 10.5 Å². The minimum Gasteiger partial charge on any atom is -0.494 e. The summed E-state index contributed by atoms with van der Waals surface area (Å²) < 4.78 is 5.72. The van der Waals surface area contributed by atoms with Crippen molar-refractivity contribution in [1.29, 1.82) is 0 Å². The summed E-state index contributed by atoms with van der Waals surface area (Å²) in [5.41, 5.74) is 8.59. The molecule has 2 N–H and O–H groups in total. The molecule has 112 valence electrons. The fourth-order valence-corrected chi connectivity index (χ4v) is 2.62. The molecule has 0 aliphatic carbocycles. The van der Waals surface area contributed by atoms with Crippen molar-refractivity contribution in [2.75, 3.05) is 13.2 Å². The van der Waals surface area contributed by atoms with E-state index in [0.29, 0.717) is 19.1 Å². The van der Waals surface area contributed by atoms with Gasteiger partial charge in [0.2, 0.25) is 0 Å². The summed E-state index contributed by atoms with van der Waals surface area (Å²) in [6.07, 6.45) is 2.02. The fourth-order valence-electron chi connectivity index (χ4n) is 2.50. The number of rotatable bonds is 7. The van der Waals surface area contributed by atoms with Crippen LogP contribution >= 0.6 is 11.6 Å². The first-order valence-electron chi connectivity index (χ1n) is 7.34. The molecule has 1 unspecified atom stereocenters. The highest BCUT2D eigenvalue weighted by Crippen LogP contribution is 2.23. The summed E-state index contributed by atoms with van der Waals surface area (Å²) in [6, 6.07) is 15.9. The van der Waals surface area contributed by atoms with E-state index in [1.807, 2.05) is 24.3 Å². The van der Waals surface area contributed by atoms with Crippen molar-refractivity contribution in [2.45, 2.75) is 25.7 Å².